The lowest BCUT2D eigenvalue weighted by Gasteiger charge is -2.22. The molecule has 2 rings (SSSR count). The number of rotatable bonds is 5. The van der Waals surface area contributed by atoms with Gasteiger partial charge in [-0.25, -0.2) is 0 Å². The summed E-state index contributed by atoms with van der Waals surface area (Å²) in [5.74, 6) is 1.96. The number of benzene rings is 1. The lowest BCUT2D eigenvalue weighted by atomic mass is 9.96. The molecule has 1 aromatic carbocycles. The zero-order valence-electron chi connectivity index (χ0n) is 12.2. The molecule has 0 aromatic heterocycles. The SMILES string of the molecule is CNC(c1ccc(OC)c(Cl)c1OC)C1CC1(C)C. The van der Waals surface area contributed by atoms with Crippen LogP contribution in [0, 0.1) is 11.3 Å². The van der Waals surface area contributed by atoms with Gasteiger partial charge in [-0.05, 0) is 36.9 Å². The lowest BCUT2D eigenvalue weighted by molar-refractivity contribution is 0.374. The number of hydrogen-bond acceptors (Lipinski definition) is 3. The van der Waals surface area contributed by atoms with Crippen LogP contribution >= 0.6 is 11.6 Å². The summed E-state index contributed by atoms with van der Waals surface area (Å²) in [5.41, 5.74) is 1.48. The molecule has 3 nitrogen and oxygen atoms in total. The summed E-state index contributed by atoms with van der Waals surface area (Å²) in [4.78, 5) is 0. The van der Waals surface area contributed by atoms with Crippen molar-refractivity contribution < 1.29 is 9.47 Å². The van der Waals surface area contributed by atoms with Crippen LogP contribution in [0.1, 0.15) is 31.9 Å². The maximum Gasteiger partial charge on any atom is 0.146 e. The number of hydrogen-bond donors (Lipinski definition) is 1. The Morgan fingerprint density at radius 2 is 1.95 bits per heavy atom. The average molecular weight is 284 g/mol. The molecule has 1 N–H and O–H groups in total. The third-order valence-electron chi connectivity index (χ3n) is 4.15. The minimum Gasteiger partial charge on any atom is -0.495 e. The quantitative estimate of drug-likeness (QED) is 0.894. The monoisotopic (exact) mass is 283 g/mol. The molecule has 4 heteroatoms. The van der Waals surface area contributed by atoms with Gasteiger partial charge in [0.2, 0.25) is 0 Å². The van der Waals surface area contributed by atoms with Crippen LogP contribution in [0.4, 0.5) is 0 Å². The Hall–Kier alpha value is -0.930. The van der Waals surface area contributed by atoms with Gasteiger partial charge >= 0.3 is 0 Å². The highest BCUT2D eigenvalue weighted by atomic mass is 35.5. The van der Waals surface area contributed by atoms with E-state index in [-0.39, 0.29) is 6.04 Å². The average Bonchev–Trinajstić information content (AvgIpc) is 2.99. The Kier molecular flexibility index (Phi) is 3.98. The zero-order valence-corrected chi connectivity index (χ0v) is 13.0. The van der Waals surface area contributed by atoms with E-state index in [4.69, 9.17) is 21.1 Å². The fraction of sp³-hybridized carbons (Fsp3) is 0.600. The van der Waals surface area contributed by atoms with E-state index < -0.39 is 0 Å². The number of halogens is 1. The summed E-state index contributed by atoms with van der Waals surface area (Å²) < 4.78 is 10.7. The number of ether oxygens (including phenoxy) is 2. The summed E-state index contributed by atoms with van der Waals surface area (Å²) in [6, 6.07) is 4.20. The van der Waals surface area contributed by atoms with Gasteiger partial charge in [0.25, 0.3) is 0 Å². The molecule has 1 fully saturated rings. The largest absolute Gasteiger partial charge is 0.495 e. The zero-order chi connectivity index (χ0) is 14.2. The molecule has 0 radical (unpaired) electrons. The van der Waals surface area contributed by atoms with E-state index in [1.165, 1.54) is 6.42 Å². The van der Waals surface area contributed by atoms with E-state index in [2.05, 4.69) is 19.2 Å². The fourth-order valence-corrected chi connectivity index (χ4v) is 3.14. The van der Waals surface area contributed by atoms with Gasteiger partial charge in [-0.2, -0.15) is 0 Å². The molecule has 2 unspecified atom stereocenters. The van der Waals surface area contributed by atoms with Crippen molar-refractivity contribution in [3.63, 3.8) is 0 Å². The van der Waals surface area contributed by atoms with Gasteiger partial charge in [-0.1, -0.05) is 25.4 Å². The van der Waals surface area contributed by atoms with Crippen LogP contribution in [0.3, 0.4) is 0 Å². The first kappa shape index (κ1) is 14.5. The second kappa shape index (κ2) is 5.22. The summed E-state index contributed by atoms with van der Waals surface area (Å²) in [6.45, 7) is 4.58. The van der Waals surface area contributed by atoms with Crippen LogP contribution in [0.25, 0.3) is 0 Å². The molecule has 1 aliphatic rings. The van der Waals surface area contributed by atoms with Gasteiger partial charge in [0, 0.05) is 11.6 Å². The molecule has 0 heterocycles. The number of nitrogens with one attached hydrogen (secondary N) is 1. The molecule has 19 heavy (non-hydrogen) atoms. The normalized spacial score (nSPS) is 21.9. The molecule has 0 spiro atoms. The molecule has 0 saturated heterocycles. The van der Waals surface area contributed by atoms with Crippen LogP contribution in [-0.4, -0.2) is 21.3 Å². The second-order valence-electron chi connectivity index (χ2n) is 5.77. The summed E-state index contributed by atoms with van der Waals surface area (Å²) in [5, 5.41) is 3.94. The van der Waals surface area contributed by atoms with Crippen LogP contribution in [0.15, 0.2) is 12.1 Å². The molecular formula is C15H22ClNO2. The summed E-state index contributed by atoms with van der Waals surface area (Å²) in [7, 11) is 5.24. The molecule has 0 aliphatic heterocycles. The Balaban J connectivity index is 2.41. The highest BCUT2D eigenvalue weighted by Gasteiger charge is 2.50. The molecule has 106 valence electrons. The predicted octanol–water partition coefficient (Wildman–Crippen LogP) is 3.66. The molecular weight excluding hydrogens is 262 g/mol. The van der Waals surface area contributed by atoms with Crippen molar-refractivity contribution in [2.24, 2.45) is 11.3 Å². The van der Waals surface area contributed by atoms with E-state index >= 15 is 0 Å². The number of methoxy groups -OCH3 is 2. The lowest BCUT2D eigenvalue weighted by Crippen LogP contribution is -2.21. The standard InChI is InChI=1S/C15H22ClNO2/c1-15(2)8-10(15)13(17-3)9-6-7-11(18-4)12(16)14(9)19-5/h6-7,10,13,17H,8H2,1-5H3. The maximum absolute atomic E-state index is 6.33. The van der Waals surface area contributed by atoms with Gasteiger partial charge < -0.3 is 14.8 Å². The van der Waals surface area contributed by atoms with E-state index in [0.29, 0.717) is 27.9 Å². The van der Waals surface area contributed by atoms with Crippen molar-refractivity contribution in [3.05, 3.63) is 22.7 Å². The Morgan fingerprint density at radius 1 is 1.32 bits per heavy atom. The molecule has 1 saturated carbocycles. The third-order valence-corrected chi connectivity index (χ3v) is 4.51. The Morgan fingerprint density at radius 3 is 2.37 bits per heavy atom. The van der Waals surface area contributed by atoms with Crippen molar-refractivity contribution in [2.75, 3.05) is 21.3 Å². The van der Waals surface area contributed by atoms with Gasteiger partial charge in [0.15, 0.2) is 0 Å². The Labute approximate surface area is 120 Å². The van der Waals surface area contributed by atoms with Crippen LogP contribution in [0.2, 0.25) is 5.02 Å². The summed E-state index contributed by atoms with van der Waals surface area (Å²) in [6.07, 6.45) is 1.21. The second-order valence-corrected chi connectivity index (χ2v) is 6.15. The van der Waals surface area contributed by atoms with Crippen molar-refractivity contribution in [2.45, 2.75) is 26.3 Å². The van der Waals surface area contributed by atoms with Crippen molar-refractivity contribution in [3.8, 4) is 11.5 Å². The van der Waals surface area contributed by atoms with Gasteiger partial charge in [0.05, 0.1) is 14.2 Å². The highest BCUT2D eigenvalue weighted by Crippen LogP contribution is 2.59. The fourth-order valence-electron chi connectivity index (χ4n) is 2.81. The van der Waals surface area contributed by atoms with Gasteiger partial charge in [-0.15, -0.1) is 0 Å². The molecule has 2 atom stereocenters. The molecule has 0 amide bonds. The van der Waals surface area contributed by atoms with Crippen molar-refractivity contribution >= 4 is 11.6 Å². The van der Waals surface area contributed by atoms with Crippen LogP contribution in [0.5, 0.6) is 11.5 Å². The maximum atomic E-state index is 6.33. The smallest absolute Gasteiger partial charge is 0.146 e. The van der Waals surface area contributed by atoms with E-state index in [1.807, 2.05) is 19.2 Å². The van der Waals surface area contributed by atoms with E-state index in [0.717, 1.165) is 5.56 Å². The molecule has 0 bridgehead atoms. The predicted molar refractivity (Wildman–Crippen MR) is 78.2 cm³/mol. The first-order valence-corrected chi connectivity index (χ1v) is 6.91. The minimum absolute atomic E-state index is 0.258. The topological polar surface area (TPSA) is 30.5 Å². The van der Waals surface area contributed by atoms with E-state index in [9.17, 15) is 0 Å². The summed E-state index contributed by atoms with van der Waals surface area (Å²) >= 11 is 6.33. The first-order chi connectivity index (χ1) is 8.96. The molecule has 1 aromatic rings. The molecule has 1 aliphatic carbocycles. The van der Waals surface area contributed by atoms with Crippen molar-refractivity contribution in [1.29, 1.82) is 0 Å². The van der Waals surface area contributed by atoms with Gasteiger partial charge in [-0.3, -0.25) is 0 Å². The van der Waals surface area contributed by atoms with E-state index in [1.54, 1.807) is 14.2 Å². The Bertz CT molecular complexity index is 473. The minimum atomic E-state index is 0.258. The van der Waals surface area contributed by atoms with Gasteiger partial charge in [0.1, 0.15) is 16.5 Å². The third kappa shape index (κ3) is 2.54. The van der Waals surface area contributed by atoms with Crippen LogP contribution in [-0.2, 0) is 0 Å². The first-order valence-electron chi connectivity index (χ1n) is 6.54. The highest BCUT2D eigenvalue weighted by molar-refractivity contribution is 6.33. The van der Waals surface area contributed by atoms with Crippen LogP contribution < -0.4 is 14.8 Å². The van der Waals surface area contributed by atoms with Crippen molar-refractivity contribution in [1.82, 2.24) is 5.32 Å².